The zero-order valence-electron chi connectivity index (χ0n) is 10.2. The third-order valence-electron chi connectivity index (χ3n) is 2.90. The normalized spacial score (nSPS) is 17.5. The minimum atomic E-state index is -0.000698. The summed E-state index contributed by atoms with van der Waals surface area (Å²) < 4.78 is 5.08. The standard InChI is InChI=1S/C12H21NO3/c1-10-3-6-13(7-4-10)12(15)5-8-16-9-11(2)14/h10H,3-9H2,1-2H3. The Balaban J connectivity index is 2.12. The number of carbonyl (C=O) groups is 2. The van der Waals surface area contributed by atoms with Gasteiger partial charge in [0.2, 0.25) is 5.91 Å². The Bertz CT molecular complexity index is 245. The van der Waals surface area contributed by atoms with Crippen molar-refractivity contribution in [2.75, 3.05) is 26.3 Å². The lowest BCUT2D eigenvalue weighted by atomic mass is 9.99. The molecule has 0 aromatic heterocycles. The first-order chi connectivity index (χ1) is 7.59. The molecule has 1 rings (SSSR count). The molecule has 1 aliphatic heterocycles. The Morgan fingerprint density at radius 1 is 1.31 bits per heavy atom. The lowest BCUT2D eigenvalue weighted by Crippen LogP contribution is -2.38. The molecule has 0 saturated carbocycles. The molecule has 0 aromatic rings. The maximum absolute atomic E-state index is 11.7. The highest BCUT2D eigenvalue weighted by atomic mass is 16.5. The number of carbonyl (C=O) groups excluding carboxylic acids is 2. The van der Waals surface area contributed by atoms with E-state index in [1.54, 1.807) is 0 Å². The van der Waals surface area contributed by atoms with E-state index < -0.39 is 0 Å². The molecule has 0 bridgehead atoms. The zero-order chi connectivity index (χ0) is 12.0. The largest absolute Gasteiger partial charge is 0.373 e. The molecule has 1 heterocycles. The van der Waals surface area contributed by atoms with Crippen LogP contribution < -0.4 is 0 Å². The van der Waals surface area contributed by atoms with Gasteiger partial charge in [-0.1, -0.05) is 6.92 Å². The summed E-state index contributed by atoms with van der Waals surface area (Å²) in [6, 6.07) is 0. The Morgan fingerprint density at radius 3 is 2.50 bits per heavy atom. The van der Waals surface area contributed by atoms with Gasteiger partial charge in [-0.25, -0.2) is 0 Å². The monoisotopic (exact) mass is 227 g/mol. The molecule has 1 fully saturated rings. The van der Waals surface area contributed by atoms with Crippen LogP contribution in [0.1, 0.15) is 33.1 Å². The molecule has 0 unspecified atom stereocenters. The molecule has 4 heteroatoms. The second-order valence-electron chi connectivity index (χ2n) is 4.57. The van der Waals surface area contributed by atoms with Gasteiger partial charge in [0.05, 0.1) is 13.0 Å². The van der Waals surface area contributed by atoms with Gasteiger partial charge in [-0.3, -0.25) is 9.59 Å². The molecular formula is C12H21NO3. The molecule has 1 amide bonds. The quantitative estimate of drug-likeness (QED) is 0.664. The average Bonchev–Trinajstić information content (AvgIpc) is 2.25. The van der Waals surface area contributed by atoms with E-state index >= 15 is 0 Å². The Morgan fingerprint density at radius 2 is 1.94 bits per heavy atom. The number of ether oxygens (including phenoxy) is 1. The van der Waals surface area contributed by atoms with E-state index in [0.717, 1.165) is 31.8 Å². The van der Waals surface area contributed by atoms with Gasteiger partial charge < -0.3 is 9.64 Å². The van der Waals surface area contributed by atoms with Crippen LogP contribution in [0.5, 0.6) is 0 Å². The van der Waals surface area contributed by atoms with Gasteiger partial charge >= 0.3 is 0 Å². The lowest BCUT2D eigenvalue weighted by molar-refractivity contribution is -0.134. The fourth-order valence-corrected chi connectivity index (χ4v) is 1.79. The second-order valence-corrected chi connectivity index (χ2v) is 4.57. The van der Waals surface area contributed by atoms with E-state index in [-0.39, 0.29) is 18.3 Å². The van der Waals surface area contributed by atoms with Crippen LogP contribution in [0.25, 0.3) is 0 Å². The fraction of sp³-hybridized carbons (Fsp3) is 0.833. The van der Waals surface area contributed by atoms with Crippen LogP contribution in [0, 0.1) is 5.92 Å². The first-order valence-electron chi connectivity index (χ1n) is 5.94. The molecule has 0 atom stereocenters. The van der Waals surface area contributed by atoms with Crippen molar-refractivity contribution in [1.29, 1.82) is 0 Å². The van der Waals surface area contributed by atoms with Gasteiger partial charge in [0.15, 0.2) is 5.78 Å². The zero-order valence-corrected chi connectivity index (χ0v) is 10.2. The lowest BCUT2D eigenvalue weighted by Gasteiger charge is -2.30. The molecule has 1 aliphatic rings. The van der Waals surface area contributed by atoms with E-state index in [1.807, 2.05) is 4.90 Å². The molecule has 4 nitrogen and oxygen atoms in total. The summed E-state index contributed by atoms with van der Waals surface area (Å²) in [4.78, 5) is 24.2. The molecule has 0 spiro atoms. The number of piperidine rings is 1. The van der Waals surface area contributed by atoms with Crippen LogP contribution >= 0.6 is 0 Å². The van der Waals surface area contributed by atoms with Crippen molar-refractivity contribution < 1.29 is 14.3 Å². The highest BCUT2D eigenvalue weighted by Crippen LogP contribution is 2.16. The summed E-state index contributed by atoms with van der Waals surface area (Å²) in [6.07, 6.45) is 2.59. The van der Waals surface area contributed by atoms with Crippen LogP contribution in [-0.4, -0.2) is 42.9 Å². The average molecular weight is 227 g/mol. The van der Waals surface area contributed by atoms with E-state index in [1.165, 1.54) is 6.92 Å². The maximum Gasteiger partial charge on any atom is 0.224 e. The molecule has 92 valence electrons. The number of hydrogen-bond acceptors (Lipinski definition) is 3. The Kier molecular flexibility index (Phi) is 5.46. The Labute approximate surface area is 96.9 Å². The van der Waals surface area contributed by atoms with Crippen LogP contribution in [0.3, 0.4) is 0 Å². The Hall–Kier alpha value is -0.900. The van der Waals surface area contributed by atoms with Crippen LogP contribution in [-0.2, 0) is 14.3 Å². The summed E-state index contributed by atoms with van der Waals surface area (Å²) in [5.74, 6) is 0.882. The summed E-state index contributed by atoms with van der Waals surface area (Å²) in [5.41, 5.74) is 0. The number of rotatable bonds is 5. The van der Waals surface area contributed by atoms with Crippen molar-refractivity contribution in [2.45, 2.75) is 33.1 Å². The summed E-state index contributed by atoms with van der Waals surface area (Å²) >= 11 is 0. The molecule has 0 aromatic carbocycles. The van der Waals surface area contributed by atoms with Crippen molar-refractivity contribution in [3.05, 3.63) is 0 Å². The number of nitrogens with zero attached hydrogens (tertiary/aromatic N) is 1. The smallest absolute Gasteiger partial charge is 0.224 e. The number of ketones is 1. The van der Waals surface area contributed by atoms with Gasteiger partial charge in [-0.2, -0.15) is 0 Å². The van der Waals surface area contributed by atoms with Gasteiger partial charge in [-0.05, 0) is 25.7 Å². The van der Waals surface area contributed by atoms with Gasteiger partial charge in [0, 0.05) is 13.1 Å². The third kappa shape index (κ3) is 4.75. The van der Waals surface area contributed by atoms with E-state index in [9.17, 15) is 9.59 Å². The maximum atomic E-state index is 11.7. The molecule has 0 N–H and O–H groups in total. The van der Waals surface area contributed by atoms with Crippen LogP contribution in [0.4, 0.5) is 0 Å². The first-order valence-corrected chi connectivity index (χ1v) is 5.94. The number of Topliss-reactive ketones (excluding diaryl/α,β-unsaturated/α-hetero) is 1. The van der Waals surface area contributed by atoms with Crippen LogP contribution in [0.15, 0.2) is 0 Å². The van der Waals surface area contributed by atoms with Crippen molar-refractivity contribution >= 4 is 11.7 Å². The summed E-state index contributed by atoms with van der Waals surface area (Å²) in [7, 11) is 0. The van der Waals surface area contributed by atoms with E-state index in [2.05, 4.69) is 6.92 Å². The van der Waals surface area contributed by atoms with Gasteiger partial charge in [0.25, 0.3) is 0 Å². The molecule has 0 aliphatic carbocycles. The highest BCUT2D eigenvalue weighted by molar-refractivity contribution is 5.77. The molecular weight excluding hydrogens is 206 g/mol. The van der Waals surface area contributed by atoms with E-state index in [4.69, 9.17) is 4.74 Å². The van der Waals surface area contributed by atoms with Gasteiger partial charge in [0.1, 0.15) is 6.61 Å². The van der Waals surface area contributed by atoms with Crippen molar-refractivity contribution in [3.8, 4) is 0 Å². The topological polar surface area (TPSA) is 46.6 Å². The third-order valence-corrected chi connectivity index (χ3v) is 2.90. The number of amides is 1. The first kappa shape index (κ1) is 13.2. The molecule has 0 radical (unpaired) electrons. The van der Waals surface area contributed by atoms with Crippen molar-refractivity contribution in [3.63, 3.8) is 0 Å². The molecule has 1 saturated heterocycles. The number of hydrogen-bond donors (Lipinski definition) is 0. The van der Waals surface area contributed by atoms with Crippen molar-refractivity contribution in [2.24, 2.45) is 5.92 Å². The SMILES string of the molecule is CC(=O)COCCC(=O)N1CCC(C)CC1. The summed E-state index contributed by atoms with van der Waals surface area (Å²) in [6.45, 7) is 5.90. The van der Waals surface area contributed by atoms with Gasteiger partial charge in [-0.15, -0.1) is 0 Å². The minimum Gasteiger partial charge on any atom is -0.373 e. The van der Waals surface area contributed by atoms with E-state index in [0.29, 0.717) is 13.0 Å². The summed E-state index contributed by atoms with van der Waals surface area (Å²) in [5, 5.41) is 0. The minimum absolute atomic E-state index is 0.000698. The molecule has 16 heavy (non-hydrogen) atoms. The number of likely N-dealkylation sites (tertiary alicyclic amines) is 1. The van der Waals surface area contributed by atoms with Crippen LogP contribution in [0.2, 0.25) is 0 Å². The fourth-order valence-electron chi connectivity index (χ4n) is 1.79. The highest BCUT2D eigenvalue weighted by Gasteiger charge is 2.19. The van der Waals surface area contributed by atoms with Crippen molar-refractivity contribution in [1.82, 2.24) is 4.90 Å². The predicted molar refractivity (Wildman–Crippen MR) is 61.1 cm³/mol. The predicted octanol–water partition coefficient (Wildman–Crippen LogP) is 1.24. The second kappa shape index (κ2) is 6.63.